The number of hydrogen-bond acceptors (Lipinski definition) is 5. The lowest BCUT2D eigenvalue weighted by Gasteiger charge is -2.30. The molecule has 0 atom stereocenters. The molecular formula is C21H25N3O5S. The first-order valence-electron chi connectivity index (χ1n) is 9.63. The van der Waals surface area contributed by atoms with Gasteiger partial charge in [0, 0.05) is 30.8 Å². The molecule has 0 radical (unpaired) electrons. The molecule has 30 heavy (non-hydrogen) atoms. The van der Waals surface area contributed by atoms with Gasteiger partial charge in [0.1, 0.15) is 11.5 Å². The number of carbonyl (C=O) groups is 2. The van der Waals surface area contributed by atoms with E-state index in [1.54, 1.807) is 48.5 Å². The maximum atomic E-state index is 12.4. The molecule has 0 bridgehead atoms. The Morgan fingerprint density at radius 2 is 1.50 bits per heavy atom. The molecule has 3 N–H and O–H groups in total. The molecule has 0 aromatic heterocycles. The standard InChI is InChI=1S/C21H25N3O5S/c1-30(27,28)24-12-10-15(11-13-24)14-23-21(26)17-4-8-19(9-5-17)29-18-6-2-16(3-7-18)20(22)25/h2-9,15H,10-14H2,1H3,(H2,22,25)(H,23,26). The van der Waals surface area contributed by atoms with E-state index in [2.05, 4.69) is 5.32 Å². The van der Waals surface area contributed by atoms with E-state index in [-0.39, 0.29) is 11.8 Å². The molecule has 1 heterocycles. The number of nitrogens with two attached hydrogens (primary N) is 1. The average Bonchev–Trinajstić information content (AvgIpc) is 2.72. The second-order valence-electron chi connectivity index (χ2n) is 7.33. The quantitative estimate of drug-likeness (QED) is 0.695. The summed E-state index contributed by atoms with van der Waals surface area (Å²) in [6.07, 6.45) is 2.68. The first kappa shape index (κ1) is 21.8. The molecule has 1 saturated heterocycles. The lowest BCUT2D eigenvalue weighted by atomic mass is 9.98. The van der Waals surface area contributed by atoms with E-state index < -0.39 is 15.9 Å². The molecule has 2 aromatic carbocycles. The minimum atomic E-state index is -3.14. The Morgan fingerprint density at radius 3 is 1.97 bits per heavy atom. The molecule has 2 aromatic rings. The molecule has 3 rings (SSSR count). The number of piperidine rings is 1. The average molecular weight is 432 g/mol. The monoisotopic (exact) mass is 431 g/mol. The second kappa shape index (κ2) is 9.27. The highest BCUT2D eigenvalue weighted by Crippen LogP contribution is 2.22. The van der Waals surface area contributed by atoms with Crippen LogP contribution >= 0.6 is 0 Å². The van der Waals surface area contributed by atoms with Gasteiger partial charge in [0.15, 0.2) is 0 Å². The number of ether oxygens (including phenoxy) is 1. The highest BCUT2D eigenvalue weighted by molar-refractivity contribution is 7.88. The lowest BCUT2D eigenvalue weighted by Crippen LogP contribution is -2.41. The summed E-state index contributed by atoms with van der Waals surface area (Å²) in [5.74, 6) is 0.692. The Morgan fingerprint density at radius 1 is 1.00 bits per heavy atom. The zero-order valence-corrected chi connectivity index (χ0v) is 17.5. The zero-order chi connectivity index (χ0) is 21.7. The number of nitrogens with zero attached hydrogens (tertiary/aromatic N) is 1. The van der Waals surface area contributed by atoms with Crippen molar-refractivity contribution < 1.29 is 22.7 Å². The summed E-state index contributed by atoms with van der Waals surface area (Å²) in [6, 6.07) is 13.2. The number of sulfonamides is 1. The van der Waals surface area contributed by atoms with Crippen molar-refractivity contribution in [2.75, 3.05) is 25.9 Å². The van der Waals surface area contributed by atoms with Crippen molar-refractivity contribution in [3.63, 3.8) is 0 Å². The highest BCUT2D eigenvalue weighted by Gasteiger charge is 2.25. The van der Waals surface area contributed by atoms with Crippen molar-refractivity contribution in [3.8, 4) is 11.5 Å². The van der Waals surface area contributed by atoms with Crippen LogP contribution in [0.1, 0.15) is 33.6 Å². The third-order valence-corrected chi connectivity index (χ3v) is 6.39. The number of primary amides is 1. The van der Waals surface area contributed by atoms with Crippen LogP contribution in [0.15, 0.2) is 48.5 Å². The van der Waals surface area contributed by atoms with Crippen LogP contribution in [0.25, 0.3) is 0 Å². The van der Waals surface area contributed by atoms with Gasteiger partial charge in [-0.15, -0.1) is 0 Å². The summed E-state index contributed by atoms with van der Waals surface area (Å²) in [5, 5.41) is 2.92. The maximum Gasteiger partial charge on any atom is 0.251 e. The first-order valence-corrected chi connectivity index (χ1v) is 11.5. The van der Waals surface area contributed by atoms with Gasteiger partial charge >= 0.3 is 0 Å². The van der Waals surface area contributed by atoms with Gasteiger partial charge in [-0.25, -0.2) is 12.7 Å². The van der Waals surface area contributed by atoms with E-state index in [1.165, 1.54) is 10.6 Å². The van der Waals surface area contributed by atoms with Gasteiger partial charge in [-0.05, 0) is 67.3 Å². The van der Waals surface area contributed by atoms with Crippen LogP contribution in [0.4, 0.5) is 0 Å². The number of nitrogens with one attached hydrogen (secondary N) is 1. The Balaban J connectivity index is 1.48. The van der Waals surface area contributed by atoms with E-state index in [0.717, 1.165) is 12.8 Å². The Labute approximate surface area is 176 Å². The molecule has 0 spiro atoms. The third-order valence-electron chi connectivity index (χ3n) is 5.08. The predicted molar refractivity (Wildman–Crippen MR) is 113 cm³/mol. The topological polar surface area (TPSA) is 119 Å². The second-order valence-corrected chi connectivity index (χ2v) is 9.31. The fourth-order valence-electron chi connectivity index (χ4n) is 3.28. The summed E-state index contributed by atoms with van der Waals surface area (Å²) < 4.78 is 30.3. The molecule has 0 saturated carbocycles. The largest absolute Gasteiger partial charge is 0.457 e. The molecule has 2 amide bonds. The van der Waals surface area contributed by atoms with Crippen molar-refractivity contribution in [2.24, 2.45) is 11.7 Å². The van der Waals surface area contributed by atoms with Crippen LogP contribution in [0.2, 0.25) is 0 Å². The molecule has 9 heteroatoms. The van der Waals surface area contributed by atoms with E-state index in [9.17, 15) is 18.0 Å². The smallest absolute Gasteiger partial charge is 0.251 e. The van der Waals surface area contributed by atoms with Gasteiger partial charge in [0.25, 0.3) is 5.91 Å². The van der Waals surface area contributed by atoms with Crippen LogP contribution in [-0.2, 0) is 10.0 Å². The molecular weight excluding hydrogens is 406 g/mol. The summed E-state index contributed by atoms with van der Waals surface area (Å²) in [7, 11) is -3.14. The lowest BCUT2D eigenvalue weighted by molar-refractivity contribution is 0.0940. The SMILES string of the molecule is CS(=O)(=O)N1CCC(CNC(=O)c2ccc(Oc3ccc(C(N)=O)cc3)cc2)CC1. The summed E-state index contributed by atoms with van der Waals surface area (Å²) in [4.78, 5) is 23.5. The Bertz CT molecular complexity index is 996. The molecule has 160 valence electrons. The number of carbonyl (C=O) groups excluding carboxylic acids is 2. The molecule has 0 aliphatic carbocycles. The van der Waals surface area contributed by atoms with Crippen LogP contribution < -0.4 is 15.8 Å². The highest BCUT2D eigenvalue weighted by atomic mass is 32.2. The van der Waals surface area contributed by atoms with Gasteiger partial charge in [0.05, 0.1) is 6.26 Å². The third kappa shape index (κ3) is 5.80. The summed E-state index contributed by atoms with van der Waals surface area (Å²) in [6.45, 7) is 1.50. The minimum absolute atomic E-state index is 0.182. The van der Waals surface area contributed by atoms with E-state index in [4.69, 9.17) is 10.5 Å². The zero-order valence-electron chi connectivity index (χ0n) is 16.7. The van der Waals surface area contributed by atoms with Crippen molar-refractivity contribution in [3.05, 3.63) is 59.7 Å². The minimum Gasteiger partial charge on any atom is -0.457 e. The van der Waals surface area contributed by atoms with E-state index in [0.29, 0.717) is 42.3 Å². The normalized spacial score (nSPS) is 15.5. The molecule has 0 unspecified atom stereocenters. The summed E-state index contributed by atoms with van der Waals surface area (Å²) >= 11 is 0. The fraction of sp³-hybridized carbons (Fsp3) is 0.333. The van der Waals surface area contributed by atoms with Gasteiger partial charge < -0.3 is 15.8 Å². The van der Waals surface area contributed by atoms with Gasteiger partial charge in [-0.3, -0.25) is 9.59 Å². The maximum absolute atomic E-state index is 12.4. The first-order chi connectivity index (χ1) is 14.2. The molecule has 1 aliphatic heterocycles. The van der Waals surface area contributed by atoms with Gasteiger partial charge in [0.2, 0.25) is 15.9 Å². The number of benzene rings is 2. The van der Waals surface area contributed by atoms with Crippen LogP contribution in [0, 0.1) is 5.92 Å². The van der Waals surface area contributed by atoms with Crippen LogP contribution in [0.5, 0.6) is 11.5 Å². The van der Waals surface area contributed by atoms with Crippen LogP contribution in [-0.4, -0.2) is 50.4 Å². The van der Waals surface area contributed by atoms with Crippen molar-refractivity contribution in [1.29, 1.82) is 0 Å². The Hall–Kier alpha value is -2.91. The molecule has 1 fully saturated rings. The molecule has 8 nitrogen and oxygen atoms in total. The van der Waals surface area contributed by atoms with Crippen molar-refractivity contribution in [2.45, 2.75) is 12.8 Å². The van der Waals surface area contributed by atoms with Gasteiger partial charge in [-0.1, -0.05) is 0 Å². The molecule has 1 aliphatic rings. The van der Waals surface area contributed by atoms with Gasteiger partial charge in [-0.2, -0.15) is 0 Å². The fourth-order valence-corrected chi connectivity index (χ4v) is 4.16. The van der Waals surface area contributed by atoms with E-state index >= 15 is 0 Å². The number of amides is 2. The predicted octanol–water partition coefficient (Wildman–Crippen LogP) is 1.98. The number of hydrogen-bond donors (Lipinski definition) is 2. The Kier molecular flexibility index (Phi) is 6.73. The van der Waals surface area contributed by atoms with E-state index in [1.807, 2.05) is 0 Å². The summed E-state index contributed by atoms with van der Waals surface area (Å²) in [5.41, 5.74) is 6.13. The number of rotatable bonds is 7. The van der Waals surface area contributed by atoms with Crippen LogP contribution in [0.3, 0.4) is 0 Å². The van der Waals surface area contributed by atoms with Crippen molar-refractivity contribution in [1.82, 2.24) is 9.62 Å². The van der Waals surface area contributed by atoms with Crippen molar-refractivity contribution >= 4 is 21.8 Å².